The maximum absolute atomic E-state index is 11.0. The molecule has 1 aromatic carbocycles. The number of nitro benzene ring substituents is 2. The second kappa shape index (κ2) is 6.15. The summed E-state index contributed by atoms with van der Waals surface area (Å²) in [6, 6.07) is 3.68. The minimum Gasteiger partial charge on any atom is -0.374 e. The van der Waals surface area contributed by atoms with E-state index in [1.165, 1.54) is 12.1 Å². The third-order valence-electron chi connectivity index (χ3n) is 3.59. The Morgan fingerprint density at radius 1 is 1.33 bits per heavy atom. The molecule has 0 spiro atoms. The molecule has 1 atom stereocenters. The first kappa shape index (κ1) is 15.3. The Bertz CT molecular complexity index is 555. The van der Waals surface area contributed by atoms with Gasteiger partial charge in [-0.25, -0.2) is 0 Å². The van der Waals surface area contributed by atoms with E-state index in [1.807, 2.05) is 6.92 Å². The van der Waals surface area contributed by atoms with Gasteiger partial charge in [0.05, 0.1) is 21.5 Å². The van der Waals surface area contributed by atoms with Crippen molar-refractivity contribution in [1.82, 2.24) is 5.32 Å². The van der Waals surface area contributed by atoms with Crippen molar-refractivity contribution in [3.63, 3.8) is 0 Å². The summed E-state index contributed by atoms with van der Waals surface area (Å²) in [5.74, 6) is 0. The third kappa shape index (κ3) is 3.73. The lowest BCUT2D eigenvalue weighted by atomic mass is 10.0. The summed E-state index contributed by atoms with van der Waals surface area (Å²) in [6.07, 6.45) is 1.96. The molecule has 1 N–H and O–H groups in total. The van der Waals surface area contributed by atoms with E-state index in [-0.39, 0.29) is 23.5 Å². The predicted octanol–water partition coefficient (Wildman–Crippen LogP) is 2.16. The van der Waals surface area contributed by atoms with Gasteiger partial charge in [-0.15, -0.1) is 0 Å². The maximum Gasteiger partial charge on any atom is 0.280 e. The molecule has 1 saturated heterocycles. The van der Waals surface area contributed by atoms with Crippen molar-refractivity contribution in [2.75, 3.05) is 13.2 Å². The molecule has 114 valence electrons. The van der Waals surface area contributed by atoms with Crippen molar-refractivity contribution >= 4 is 11.4 Å². The highest BCUT2D eigenvalue weighted by atomic mass is 16.6. The monoisotopic (exact) mass is 295 g/mol. The first-order chi connectivity index (χ1) is 9.91. The van der Waals surface area contributed by atoms with Crippen LogP contribution in [0, 0.1) is 20.2 Å². The number of non-ortho nitro benzene ring substituents is 1. The Morgan fingerprint density at radius 3 is 2.67 bits per heavy atom. The topological polar surface area (TPSA) is 108 Å². The van der Waals surface area contributed by atoms with E-state index in [1.54, 1.807) is 0 Å². The molecule has 8 nitrogen and oxygen atoms in total. The van der Waals surface area contributed by atoms with Crippen molar-refractivity contribution < 1.29 is 14.6 Å². The van der Waals surface area contributed by atoms with Crippen molar-refractivity contribution in [3.05, 3.63) is 44.0 Å². The van der Waals surface area contributed by atoms with Gasteiger partial charge < -0.3 is 10.1 Å². The normalized spacial score (nSPS) is 21.4. The van der Waals surface area contributed by atoms with Crippen LogP contribution >= 0.6 is 0 Å². The summed E-state index contributed by atoms with van der Waals surface area (Å²) < 4.78 is 5.62. The third-order valence-corrected chi connectivity index (χ3v) is 3.59. The van der Waals surface area contributed by atoms with E-state index in [4.69, 9.17) is 4.74 Å². The fourth-order valence-electron chi connectivity index (χ4n) is 2.42. The summed E-state index contributed by atoms with van der Waals surface area (Å²) in [6.45, 7) is 3.58. The van der Waals surface area contributed by atoms with Gasteiger partial charge >= 0.3 is 0 Å². The van der Waals surface area contributed by atoms with E-state index in [2.05, 4.69) is 5.32 Å². The molecular weight excluding hydrogens is 278 g/mol. The Labute approximate surface area is 121 Å². The molecule has 0 amide bonds. The average molecular weight is 295 g/mol. The van der Waals surface area contributed by atoms with Crippen LogP contribution in [0.1, 0.15) is 25.3 Å². The van der Waals surface area contributed by atoms with E-state index in [0.29, 0.717) is 12.1 Å². The van der Waals surface area contributed by atoms with Gasteiger partial charge in [0, 0.05) is 31.3 Å². The highest BCUT2D eigenvalue weighted by Crippen LogP contribution is 2.26. The maximum atomic E-state index is 11.0. The average Bonchev–Trinajstić information content (AvgIpc) is 2.85. The largest absolute Gasteiger partial charge is 0.374 e. The van der Waals surface area contributed by atoms with Crippen LogP contribution in [0.2, 0.25) is 0 Å². The number of nitrogens with one attached hydrogen (secondary N) is 1. The SMILES string of the molecule is CC1(CNCc2ccc([N+](=O)[O-])cc2[N+](=O)[O-])CCCO1. The molecule has 0 bridgehead atoms. The summed E-state index contributed by atoms with van der Waals surface area (Å²) in [5.41, 5.74) is -0.340. The minimum absolute atomic E-state index is 0.241. The number of rotatable bonds is 6. The summed E-state index contributed by atoms with van der Waals surface area (Å²) in [5, 5.41) is 24.8. The predicted molar refractivity (Wildman–Crippen MR) is 75.0 cm³/mol. The molecule has 2 rings (SSSR count). The van der Waals surface area contributed by atoms with Crippen LogP contribution in [-0.2, 0) is 11.3 Å². The molecule has 0 saturated carbocycles. The molecule has 1 fully saturated rings. The van der Waals surface area contributed by atoms with Crippen LogP contribution in [0.3, 0.4) is 0 Å². The van der Waals surface area contributed by atoms with Crippen molar-refractivity contribution in [1.29, 1.82) is 0 Å². The molecule has 0 aromatic heterocycles. The van der Waals surface area contributed by atoms with Crippen LogP contribution in [0.25, 0.3) is 0 Å². The lowest BCUT2D eigenvalue weighted by molar-refractivity contribution is -0.394. The molecule has 1 unspecified atom stereocenters. The van der Waals surface area contributed by atoms with Gasteiger partial charge in [0.15, 0.2) is 0 Å². The number of nitro groups is 2. The summed E-state index contributed by atoms with van der Waals surface area (Å²) in [7, 11) is 0. The van der Waals surface area contributed by atoms with Crippen LogP contribution in [0.5, 0.6) is 0 Å². The zero-order chi connectivity index (χ0) is 15.5. The fraction of sp³-hybridized carbons (Fsp3) is 0.538. The smallest absolute Gasteiger partial charge is 0.280 e. The zero-order valence-electron chi connectivity index (χ0n) is 11.7. The number of ether oxygens (including phenoxy) is 1. The standard InChI is InChI=1S/C13H17N3O5/c1-13(5-2-6-21-13)9-14-8-10-3-4-11(15(17)18)7-12(10)16(19)20/h3-4,7,14H,2,5-6,8-9H2,1H3. The fourth-order valence-corrected chi connectivity index (χ4v) is 2.42. The summed E-state index contributed by atoms with van der Waals surface area (Å²) in [4.78, 5) is 20.4. The van der Waals surface area contributed by atoms with Crippen LogP contribution in [0.4, 0.5) is 11.4 Å². The quantitative estimate of drug-likeness (QED) is 0.636. The second-order valence-corrected chi connectivity index (χ2v) is 5.33. The number of hydrogen-bond acceptors (Lipinski definition) is 6. The molecule has 1 aliphatic rings. The van der Waals surface area contributed by atoms with Crippen molar-refractivity contribution in [2.24, 2.45) is 0 Å². The Hall–Kier alpha value is -2.06. The van der Waals surface area contributed by atoms with Gasteiger partial charge in [-0.05, 0) is 25.8 Å². The van der Waals surface area contributed by atoms with Gasteiger partial charge in [-0.2, -0.15) is 0 Å². The molecule has 21 heavy (non-hydrogen) atoms. The Kier molecular flexibility index (Phi) is 4.49. The molecule has 0 radical (unpaired) electrons. The molecule has 0 aliphatic carbocycles. The lowest BCUT2D eigenvalue weighted by Crippen LogP contribution is -2.36. The van der Waals surface area contributed by atoms with Gasteiger partial charge in [-0.3, -0.25) is 20.2 Å². The van der Waals surface area contributed by atoms with E-state index in [0.717, 1.165) is 25.5 Å². The summed E-state index contributed by atoms with van der Waals surface area (Å²) >= 11 is 0. The minimum atomic E-state index is -0.641. The molecule has 1 heterocycles. The Balaban J connectivity index is 2.05. The van der Waals surface area contributed by atoms with Crippen LogP contribution in [0.15, 0.2) is 18.2 Å². The second-order valence-electron chi connectivity index (χ2n) is 5.33. The molecule has 8 heteroatoms. The number of benzene rings is 1. The highest BCUT2D eigenvalue weighted by Gasteiger charge is 2.29. The first-order valence-electron chi connectivity index (χ1n) is 6.68. The van der Waals surface area contributed by atoms with Crippen LogP contribution in [-0.4, -0.2) is 28.6 Å². The zero-order valence-corrected chi connectivity index (χ0v) is 11.7. The van der Waals surface area contributed by atoms with E-state index in [9.17, 15) is 20.2 Å². The van der Waals surface area contributed by atoms with Crippen molar-refractivity contribution in [2.45, 2.75) is 31.9 Å². The number of nitrogens with zero attached hydrogens (tertiary/aromatic N) is 2. The van der Waals surface area contributed by atoms with Gasteiger partial charge in [0.2, 0.25) is 0 Å². The molecule has 1 aromatic rings. The lowest BCUT2D eigenvalue weighted by Gasteiger charge is -2.23. The highest BCUT2D eigenvalue weighted by molar-refractivity contribution is 5.49. The molecule has 1 aliphatic heterocycles. The van der Waals surface area contributed by atoms with E-state index >= 15 is 0 Å². The number of hydrogen-bond donors (Lipinski definition) is 1. The van der Waals surface area contributed by atoms with E-state index < -0.39 is 9.85 Å². The van der Waals surface area contributed by atoms with Gasteiger partial charge in [0.25, 0.3) is 11.4 Å². The first-order valence-corrected chi connectivity index (χ1v) is 6.68. The van der Waals surface area contributed by atoms with Gasteiger partial charge in [0.1, 0.15) is 0 Å². The molecular formula is C13H17N3O5. The van der Waals surface area contributed by atoms with Gasteiger partial charge in [-0.1, -0.05) is 0 Å². The van der Waals surface area contributed by atoms with Crippen molar-refractivity contribution in [3.8, 4) is 0 Å². The Morgan fingerprint density at radius 2 is 2.10 bits per heavy atom. The van der Waals surface area contributed by atoms with Crippen LogP contribution < -0.4 is 5.32 Å².